The van der Waals surface area contributed by atoms with Crippen LogP contribution in [0, 0.1) is 0 Å². The summed E-state index contributed by atoms with van der Waals surface area (Å²) in [6.07, 6.45) is 0. The molecule has 0 aliphatic rings. The Kier molecular flexibility index (Phi) is 6.33. The summed E-state index contributed by atoms with van der Waals surface area (Å²) in [7, 11) is 0. The number of anilines is 1. The SMILES string of the molecule is OCCN(CCO)c1ccc(N=Nc2ccc(Cl)cc2)cc1. The highest BCUT2D eigenvalue weighted by atomic mass is 35.5. The zero-order valence-electron chi connectivity index (χ0n) is 12.1. The van der Waals surface area contributed by atoms with Crippen molar-refractivity contribution in [2.45, 2.75) is 0 Å². The molecule has 0 heterocycles. The maximum Gasteiger partial charge on any atom is 0.0858 e. The van der Waals surface area contributed by atoms with E-state index in [1.807, 2.05) is 29.2 Å². The number of halogens is 1. The first kappa shape index (κ1) is 16.4. The van der Waals surface area contributed by atoms with Crippen molar-refractivity contribution in [3.8, 4) is 0 Å². The van der Waals surface area contributed by atoms with Crippen molar-refractivity contribution in [2.75, 3.05) is 31.2 Å². The third-order valence-corrected chi connectivity index (χ3v) is 3.31. The zero-order valence-corrected chi connectivity index (χ0v) is 12.8. The highest BCUT2D eigenvalue weighted by molar-refractivity contribution is 6.30. The summed E-state index contributed by atoms with van der Waals surface area (Å²) in [5.41, 5.74) is 2.39. The molecule has 0 amide bonds. The molecular weight excluding hydrogens is 302 g/mol. The lowest BCUT2D eigenvalue weighted by molar-refractivity contribution is 0.281. The van der Waals surface area contributed by atoms with E-state index in [0.717, 1.165) is 17.1 Å². The van der Waals surface area contributed by atoms with Crippen molar-refractivity contribution in [2.24, 2.45) is 10.2 Å². The van der Waals surface area contributed by atoms with Gasteiger partial charge in [0.05, 0.1) is 24.6 Å². The van der Waals surface area contributed by atoms with Crippen LogP contribution in [0.2, 0.25) is 5.02 Å². The molecule has 5 nitrogen and oxygen atoms in total. The van der Waals surface area contributed by atoms with Gasteiger partial charge in [-0.25, -0.2) is 0 Å². The molecule has 0 bridgehead atoms. The molecule has 0 aliphatic heterocycles. The number of rotatable bonds is 7. The average molecular weight is 320 g/mol. The van der Waals surface area contributed by atoms with E-state index in [9.17, 15) is 0 Å². The van der Waals surface area contributed by atoms with Crippen molar-refractivity contribution >= 4 is 28.7 Å². The van der Waals surface area contributed by atoms with Crippen LogP contribution in [-0.4, -0.2) is 36.5 Å². The molecular formula is C16H18ClN3O2. The van der Waals surface area contributed by atoms with Crippen molar-refractivity contribution in [1.82, 2.24) is 0 Å². The third-order valence-electron chi connectivity index (χ3n) is 3.06. The quantitative estimate of drug-likeness (QED) is 0.767. The Morgan fingerprint density at radius 2 is 1.23 bits per heavy atom. The van der Waals surface area contributed by atoms with Gasteiger partial charge in [-0.1, -0.05) is 11.6 Å². The van der Waals surface area contributed by atoms with Crippen molar-refractivity contribution in [1.29, 1.82) is 0 Å². The molecule has 0 saturated carbocycles. The zero-order chi connectivity index (χ0) is 15.8. The molecule has 2 rings (SSSR count). The fourth-order valence-electron chi connectivity index (χ4n) is 1.96. The lowest BCUT2D eigenvalue weighted by Gasteiger charge is -2.22. The van der Waals surface area contributed by atoms with E-state index in [2.05, 4.69) is 10.2 Å². The first-order chi connectivity index (χ1) is 10.7. The Hall–Kier alpha value is -1.95. The standard InChI is InChI=1S/C16H18ClN3O2/c17-13-1-3-14(4-2-13)18-19-15-5-7-16(8-6-15)20(9-11-21)10-12-22/h1-8,21-22H,9-12H2. The van der Waals surface area contributed by atoms with Gasteiger partial charge < -0.3 is 15.1 Å². The van der Waals surface area contributed by atoms with Crippen molar-refractivity contribution in [3.63, 3.8) is 0 Å². The van der Waals surface area contributed by atoms with Crippen LogP contribution in [0.5, 0.6) is 0 Å². The number of hydrogen-bond acceptors (Lipinski definition) is 5. The topological polar surface area (TPSA) is 68.4 Å². The van der Waals surface area contributed by atoms with Gasteiger partial charge in [-0.2, -0.15) is 10.2 Å². The van der Waals surface area contributed by atoms with Crippen LogP contribution in [0.3, 0.4) is 0 Å². The van der Waals surface area contributed by atoms with E-state index in [4.69, 9.17) is 21.8 Å². The van der Waals surface area contributed by atoms with E-state index in [1.54, 1.807) is 24.3 Å². The molecule has 0 atom stereocenters. The molecule has 0 aromatic heterocycles. The van der Waals surface area contributed by atoms with Crippen molar-refractivity contribution in [3.05, 3.63) is 53.6 Å². The van der Waals surface area contributed by atoms with Gasteiger partial charge in [-0.15, -0.1) is 0 Å². The first-order valence-electron chi connectivity index (χ1n) is 6.97. The Morgan fingerprint density at radius 1 is 0.773 bits per heavy atom. The highest BCUT2D eigenvalue weighted by Crippen LogP contribution is 2.23. The molecule has 2 N–H and O–H groups in total. The monoisotopic (exact) mass is 319 g/mol. The minimum atomic E-state index is 0.0397. The fraction of sp³-hybridized carbons (Fsp3) is 0.250. The summed E-state index contributed by atoms with van der Waals surface area (Å²) in [5, 5.41) is 27.0. The second-order valence-electron chi connectivity index (χ2n) is 4.63. The second-order valence-corrected chi connectivity index (χ2v) is 5.06. The number of hydrogen-bond donors (Lipinski definition) is 2. The van der Waals surface area contributed by atoms with E-state index >= 15 is 0 Å². The molecule has 0 fully saturated rings. The lowest BCUT2D eigenvalue weighted by atomic mass is 10.2. The van der Waals surface area contributed by atoms with Gasteiger partial charge in [0.15, 0.2) is 0 Å². The Bertz CT molecular complexity index is 594. The molecule has 0 spiro atoms. The number of aliphatic hydroxyl groups is 2. The Morgan fingerprint density at radius 3 is 1.68 bits per heavy atom. The summed E-state index contributed by atoms with van der Waals surface area (Å²) in [6, 6.07) is 14.6. The molecule has 0 unspecified atom stereocenters. The van der Waals surface area contributed by atoms with Gasteiger partial charge in [-0.3, -0.25) is 0 Å². The largest absolute Gasteiger partial charge is 0.395 e. The predicted molar refractivity (Wildman–Crippen MR) is 88.5 cm³/mol. The molecule has 0 aliphatic carbocycles. The number of benzene rings is 2. The van der Waals surface area contributed by atoms with E-state index in [-0.39, 0.29) is 13.2 Å². The maximum atomic E-state index is 9.04. The van der Waals surface area contributed by atoms with Gasteiger partial charge in [-0.05, 0) is 48.5 Å². The minimum absolute atomic E-state index is 0.0397. The molecule has 6 heteroatoms. The van der Waals surface area contributed by atoms with Gasteiger partial charge in [0.1, 0.15) is 0 Å². The summed E-state index contributed by atoms with van der Waals surface area (Å²) < 4.78 is 0. The van der Waals surface area contributed by atoms with Crippen LogP contribution in [0.4, 0.5) is 17.1 Å². The summed E-state index contributed by atoms with van der Waals surface area (Å²) in [5.74, 6) is 0. The van der Waals surface area contributed by atoms with Crippen LogP contribution in [-0.2, 0) is 0 Å². The summed E-state index contributed by atoms with van der Waals surface area (Å²) in [4.78, 5) is 1.90. The van der Waals surface area contributed by atoms with E-state index < -0.39 is 0 Å². The van der Waals surface area contributed by atoms with E-state index in [1.165, 1.54) is 0 Å². The van der Waals surface area contributed by atoms with Crippen molar-refractivity contribution < 1.29 is 10.2 Å². The number of aliphatic hydroxyl groups excluding tert-OH is 2. The highest BCUT2D eigenvalue weighted by Gasteiger charge is 2.04. The van der Waals surface area contributed by atoms with Crippen LogP contribution in [0.1, 0.15) is 0 Å². The first-order valence-corrected chi connectivity index (χ1v) is 7.35. The second kappa shape index (κ2) is 8.48. The lowest BCUT2D eigenvalue weighted by Crippen LogP contribution is -2.29. The molecule has 2 aromatic rings. The predicted octanol–water partition coefficient (Wildman–Crippen LogP) is 3.55. The number of azo groups is 1. The third kappa shape index (κ3) is 4.80. The minimum Gasteiger partial charge on any atom is -0.395 e. The Labute approximate surface area is 134 Å². The summed E-state index contributed by atoms with van der Waals surface area (Å²) in [6.45, 7) is 1.04. The smallest absolute Gasteiger partial charge is 0.0858 e. The summed E-state index contributed by atoms with van der Waals surface area (Å²) >= 11 is 5.81. The molecule has 116 valence electrons. The molecule has 22 heavy (non-hydrogen) atoms. The maximum absolute atomic E-state index is 9.04. The van der Waals surface area contributed by atoms with Gasteiger partial charge in [0.25, 0.3) is 0 Å². The van der Waals surface area contributed by atoms with Crippen LogP contribution in [0.25, 0.3) is 0 Å². The molecule has 2 aromatic carbocycles. The van der Waals surface area contributed by atoms with Crippen LogP contribution < -0.4 is 4.90 Å². The fourth-order valence-corrected chi connectivity index (χ4v) is 2.09. The molecule has 0 radical (unpaired) electrons. The average Bonchev–Trinajstić information content (AvgIpc) is 2.55. The van der Waals surface area contributed by atoms with Gasteiger partial charge in [0.2, 0.25) is 0 Å². The molecule has 0 saturated heterocycles. The Balaban J connectivity index is 2.06. The van der Waals surface area contributed by atoms with Crippen LogP contribution in [0.15, 0.2) is 58.8 Å². The normalized spacial score (nSPS) is 11.0. The van der Waals surface area contributed by atoms with Gasteiger partial charge in [0, 0.05) is 23.8 Å². The van der Waals surface area contributed by atoms with E-state index in [0.29, 0.717) is 18.1 Å². The number of nitrogens with zero attached hydrogens (tertiary/aromatic N) is 3. The van der Waals surface area contributed by atoms with Crippen LogP contribution >= 0.6 is 11.6 Å². The van der Waals surface area contributed by atoms with Gasteiger partial charge >= 0.3 is 0 Å².